The van der Waals surface area contributed by atoms with Crippen molar-refractivity contribution < 1.29 is 0 Å². The van der Waals surface area contributed by atoms with Crippen molar-refractivity contribution >= 4 is 0 Å². The van der Waals surface area contributed by atoms with E-state index in [1.807, 2.05) is 6.08 Å². The minimum Gasteiger partial charge on any atom is -0.238 e. The third-order valence-electron chi connectivity index (χ3n) is 1.00. The van der Waals surface area contributed by atoms with E-state index in [9.17, 15) is 0 Å². The highest BCUT2D eigenvalue weighted by atomic mass is 14.8. The Balaban J connectivity index is 2.20. The molecule has 0 unspecified atom stereocenters. The Morgan fingerprint density at radius 3 is 3.57 bits per heavy atom. The Labute approximate surface area is 44.4 Å². The Bertz CT molecular complexity index is 58.6. The molecule has 0 amide bonds. The van der Waals surface area contributed by atoms with Gasteiger partial charge in [-0.25, -0.2) is 5.32 Å². The number of rotatable bonds is 0. The first-order valence-corrected chi connectivity index (χ1v) is 2.68. The van der Waals surface area contributed by atoms with Crippen molar-refractivity contribution in [2.45, 2.75) is 12.8 Å². The first-order valence-electron chi connectivity index (χ1n) is 2.68. The van der Waals surface area contributed by atoms with E-state index in [1.165, 1.54) is 6.42 Å². The summed E-state index contributed by atoms with van der Waals surface area (Å²) in [5.74, 6) is 0. The van der Waals surface area contributed by atoms with Crippen molar-refractivity contribution in [1.29, 1.82) is 0 Å². The van der Waals surface area contributed by atoms with Gasteiger partial charge in [-0.1, -0.05) is 6.08 Å². The van der Waals surface area contributed by atoms with Gasteiger partial charge in [0.2, 0.25) is 0 Å². The molecular formula is C6H9N. The predicted octanol–water partition coefficient (Wildman–Crippen LogP) is 0.744. The first-order chi connectivity index (χ1) is 3.50. The summed E-state index contributed by atoms with van der Waals surface area (Å²) in [7, 11) is 0. The lowest BCUT2D eigenvalue weighted by molar-refractivity contribution is 0.706. The van der Waals surface area contributed by atoms with Crippen LogP contribution in [-0.2, 0) is 0 Å². The zero-order valence-corrected chi connectivity index (χ0v) is 4.35. The average molecular weight is 95.1 g/mol. The van der Waals surface area contributed by atoms with Gasteiger partial charge in [-0.3, -0.25) is 0 Å². The summed E-state index contributed by atoms with van der Waals surface area (Å²) >= 11 is 0. The lowest BCUT2D eigenvalue weighted by atomic mass is 10.3. The van der Waals surface area contributed by atoms with Gasteiger partial charge < -0.3 is 0 Å². The summed E-state index contributed by atoms with van der Waals surface area (Å²) in [5, 5.41) is 4.15. The standard InChI is InChI=1S/C6H9N/c1-2-4-6-7-5-3-1/h4H,1,3,5-6H2. The third-order valence-corrected chi connectivity index (χ3v) is 1.00. The molecule has 1 aliphatic rings. The van der Waals surface area contributed by atoms with Crippen LogP contribution in [0.1, 0.15) is 12.8 Å². The van der Waals surface area contributed by atoms with Crippen molar-refractivity contribution in [2.24, 2.45) is 0 Å². The molecule has 0 saturated carbocycles. The van der Waals surface area contributed by atoms with E-state index in [-0.39, 0.29) is 0 Å². The van der Waals surface area contributed by atoms with E-state index in [2.05, 4.69) is 11.4 Å². The fraction of sp³-hybridized carbons (Fsp3) is 0.667. The van der Waals surface area contributed by atoms with Gasteiger partial charge in [-0.15, -0.1) is 0 Å². The molecule has 0 N–H and O–H groups in total. The second kappa shape index (κ2) is 2.80. The van der Waals surface area contributed by atoms with Crippen molar-refractivity contribution in [1.82, 2.24) is 5.32 Å². The van der Waals surface area contributed by atoms with Crippen LogP contribution in [0.15, 0.2) is 6.08 Å². The fourth-order valence-corrected chi connectivity index (χ4v) is 0.615. The van der Waals surface area contributed by atoms with Gasteiger partial charge in [-0.05, 0) is 18.9 Å². The minimum atomic E-state index is 0.889. The highest BCUT2D eigenvalue weighted by Gasteiger charge is 1.88. The van der Waals surface area contributed by atoms with Crippen LogP contribution in [-0.4, -0.2) is 13.1 Å². The van der Waals surface area contributed by atoms with Crippen LogP contribution in [0, 0.1) is 6.08 Å². The molecule has 1 nitrogen and oxygen atoms in total. The summed E-state index contributed by atoms with van der Waals surface area (Å²) in [6, 6.07) is 0. The smallest absolute Gasteiger partial charge is 0.0319 e. The van der Waals surface area contributed by atoms with E-state index >= 15 is 0 Å². The largest absolute Gasteiger partial charge is 0.238 e. The lowest BCUT2D eigenvalue weighted by Crippen LogP contribution is -2.02. The SMILES string of the molecule is [C]1=CC[N]CCC1. The molecule has 0 aliphatic carbocycles. The normalized spacial score (nSPS) is 21.7. The molecule has 38 valence electrons. The second-order valence-electron chi connectivity index (χ2n) is 1.64. The van der Waals surface area contributed by atoms with Crippen molar-refractivity contribution in [3.8, 4) is 0 Å². The molecule has 1 heterocycles. The van der Waals surface area contributed by atoms with Gasteiger partial charge in [0, 0.05) is 13.1 Å². The monoisotopic (exact) mass is 95.1 g/mol. The molecule has 0 aromatic heterocycles. The van der Waals surface area contributed by atoms with Gasteiger partial charge in [0.05, 0.1) is 0 Å². The molecule has 1 rings (SSSR count). The molecule has 0 aromatic rings. The topological polar surface area (TPSA) is 14.1 Å². The van der Waals surface area contributed by atoms with Crippen LogP contribution in [0.4, 0.5) is 0 Å². The molecule has 0 saturated heterocycles. The highest BCUT2D eigenvalue weighted by Crippen LogP contribution is 1.91. The lowest BCUT2D eigenvalue weighted by Gasteiger charge is -1.88. The van der Waals surface area contributed by atoms with Gasteiger partial charge in [0.1, 0.15) is 0 Å². The Kier molecular flexibility index (Phi) is 1.94. The molecule has 7 heavy (non-hydrogen) atoms. The van der Waals surface area contributed by atoms with Crippen LogP contribution in [0.5, 0.6) is 0 Å². The molecule has 0 aromatic carbocycles. The first kappa shape index (κ1) is 4.85. The maximum atomic E-state index is 4.15. The summed E-state index contributed by atoms with van der Waals surface area (Å²) in [6.45, 7) is 1.92. The maximum Gasteiger partial charge on any atom is 0.0319 e. The molecule has 0 bridgehead atoms. The summed E-state index contributed by atoms with van der Waals surface area (Å²) in [5.41, 5.74) is 0. The average Bonchev–Trinajstić information content (AvgIpc) is 1.90. The predicted molar refractivity (Wildman–Crippen MR) is 28.9 cm³/mol. The van der Waals surface area contributed by atoms with Crippen LogP contribution < -0.4 is 5.32 Å². The zero-order valence-electron chi connectivity index (χ0n) is 4.35. The van der Waals surface area contributed by atoms with E-state index in [0.717, 1.165) is 19.5 Å². The number of hydrogen-bond acceptors (Lipinski definition) is 0. The minimum absolute atomic E-state index is 0.889. The second-order valence-corrected chi connectivity index (χ2v) is 1.64. The Hall–Kier alpha value is -0.300. The van der Waals surface area contributed by atoms with Gasteiger partial charge in [-0.2, -0.15) is 0 Å². The van der Waals surface area contributed by atoms with E-state index in [0.29, 0.717) is 0 Å². The number of hydrogen-bond donors (Lipinski definition) is 0. The summed E-state index contributed by atoms with van der Waals surface area (Å²) in [4.78, 5) is 0. The Morgan fingerprint density at radius 2 is 2.57 bits per heavy atom. The van der Waals surface area contributed by atoms with Crippen LogP contribution in [0.2, 0.25) is 0 Å². The summed E-state index contributed by atoms with van der Waals surface area (Å²) < 4.78 is 0. The van der Waals surface area contributed by atoms with Crippen molar-refractivity contribution in [2.75, 3.05) is 13.1 Å². The molecule has 0 spiro atoms. The van der Waals surface area contributed by atoms with E-state index in [1.54, 1.807) is 0 Å². The van der Waals surface area contributed by atoms with Crippen LogP contribution in [0.3, 0.4) is 0 Å². The molecule has 1 aliphatic heterocycles. The van der Waals surface area contributed by atoms with E-state index < -0.39 is 0 Å². The van der Waals surface area contributed by atoms with E-state index in [4.69, 9.17) is 0 Å². The highest BCUT2D eigenvalue weighted by molar-refractivity contribution is 4.79. The van der Waals surface area contributed by atoms with Crippen LogP contribution in [0.25, 0.3) is 0 Å². The third kappa shape index (κ3) is 1.74. The molecule has 0 fully saturated rings. The number of allylic oxidation sites excluding steroid dienone is 1. The van der Waals surface area contributed by atoms with Crippen LogP contribution >= 0.6 is 0 Å². The Morgan fingerprint density at radius 1 is 1.57 bits per heavy atom. The zero-order chi connectivity index (χ0) is 4.95. The maximum absolute atomic E-state index is 4.15. The quantitative estimate of drug-likeness (QED) is 0.421. The fourth-order valence-electron chi connectivity index (χ4n) is 0.615. The van der Waals surface area contributed by atoms with Crippen molar-refractivity contribution in [3.63, 3.8) is 0 Å². The summed E-state index contributed by atoms with van der Waals surface area (Å²) in [6.07, 6.45) is 7.43. The van der Waals surface area contributed by atoms with Gasteiger partial charge >= 0.3 is 0 Å². The van der Waals surface area contributed by atoms with Gasteiger partial charge in [0.25, 0.3) is 0 Å². The van der Waals surface area contributed by atoms with Gasteiger partial charge in [0.15, 0.2) is 0 Å². The number of nitrogens with zero attached hydrogens (tertiary/aromatic N) is 1. The molecular weight excluding hydrogens is 86.1 g/mol. The molecule has 0 atom stereocenters. The molecule has 1 heteroatoms. The van der Waals surface area contributed by atoms with Crippen molar-refractivity contribution in [3.05, 3.63) is 12.2 Å². The molecule has 2 radical (unpaired) electrons.